The Kier molecular flexibility index (Phi) is 10.2. The molecule has 0 saturated carbocycles. The number of phenolic OH excluding ortho intramolecular Hbond substituents is 1. The lowest BCUT2D eigenvalue weighted by Gasteiger charge is -2.35. The van der Waals surface area contributed by atoms with Gasteiger partial charge in [0.25, 0.3) is 0 Å². The van der Waals surface area contributed by atoms with E-state index < -0.39 is 0 Å². The number of phenols is 1. The SMILES string of the molecule is C=CC[C@@H](c1cc(Br)cc(Br)c1O)N1CCNCC1.Cl.Cl. The second-order valence-electron chi connectivity index (χ2n) is 4.65. The fourth-order valence-electron chi connectivity index (χ4n) is 2.46. The van der Waals surface area contributed by atoms with E-state index in [1.807, 2.05) is 18.2 Å². The Morgan fingerprint density at radius 1 is 1.29 bits per heavy atom. The Labute approximate surface area is 155 Å². The molecule has 3 nitrogen and oxygen atoms in total. The van der Waals surface area contributed by atoms with Gasteiger partial charge in [-0.1, -0.05) is 22.0 Å². The van der Waals surface area contributed by atoms with E-state index in [0.29, 0.717) is 5.75 Å². The van der Waals surface area contributed by atoms with Gasteiger partial charge in [0.1, 0.15) is 5.75 Å². The highest BCUT2D eigenvalue weighted by molar-refractivity contribution is 9.11. The van der Waals surface area contributed by atoms with Gasteiger partial charge < -0.3 is 10.4 Å². The van der Waals surface area contributed by atoms with Crippen molar-refractivity contribution in [3.05, 3.63) is 39.3 Å². The summed E-state index contributed by atoms with van der Waals surface area (Å²) in [6, 6.07) is 4.03. The van der Waals surface area contributed by atoms with Gasteiger partial charge in [-0.15, -0.1) is 31.4 Å². The van der Waals surface area contributed by atoms with Crippen LogP contribution >= 0.6 is 56.7 Å². The number of rotatable bonds is 4. The summed E-state index contributed by atoms with van der Waals surface area (Å²) in [4.78, 5) is 2.39. The third-order valence-electron chi connectivity index (χ3n) is 3.40. The minimum atomic E-state index is 0. The van der Waals surface area contributed by atoms with Gasteiger partial charge in [-0.3, -0.25) is 4.90 Å². The van der Waals surface area contributed by atoms with Gasteiger partial charge in [0.05, 0.1) is 4.47 Å². The molecule has 2 rings (SSSR count). The van der Waals surface area contributed by atoms with E-state index in [0.717, 1.165) is 47.1 Å². The number of hydrogen-bond acceptors (Lipinski definition) is 3. The van der Waals surface area contributed by atoms with Crippen molar-refractivity contribution in [3.8, 4) is 5.75 Å². The molecule has 7 heteroatoms. The van der Waals surface area contributed by atoms with Crippen molar-refractivity contribution < 1.29 is 5.11 Å². The van der Waals surface area contributed by atoms with Gasteiger partial charge in [-0.2, -0.15) is 0 Å². The number of aromatic hydroxyl groups is 1. The summed E-state index contributed by atoms with van der Waals surface area (Å²) in [5, 5.41) is 13.7. The van der Waals surface area contributed by atoms with Crippen LogP contribution in [-0.2, 0) is 0 Å². The van der Waals surface area contributed by atoms with Crippen LogP contribution in [0, 0.1) is 0 Å². The predicted molar refractivity (Wildman–Crippen MR) is 100 cm³/mol. The van der Waals surface area contributed by atoms with Crippen molar-refractivity contribution in [2.24, 2.45) is 0 Å². The molecule has 1 saturated heterocycles. The van der Waals surface area contributed by atoms with Gasteiger partial charge in [0, 0.05) is 42.3 Å². The van der Waals surface area contributed by atoms with Crippen molar-refractivity contribution in [2.75, 3.05) is 26.2 Å². The second-order valence-corrected chi connectivity index (χ2v) is 6.42. The zero-order chi connectivity index (χ0) is 13.8. The quantitative estimate of drug-likeness (QED) is 0.655. The van der Waals surface area contributed by atoms with Gasteiger partial charge in [-0.05, 0) is 34.5 Å². The number of halogens is 4. The lowest BCUT2D eigenvalue weighted by Crippen LogP contribution is -2.45. The largest absolute Gasteiger partial charge is 0.506 e. The number of piperazine rings is 1. The van der Waals surface area contributed by atoms with E-state index in [1.54, 1.807) is 0 Å². The molecular weight excluding hydrogens is 443 g/mol. The fraction of sp³-hybridized carbons (Fsp3) is 0.429. The standard InChI is InChI=1S/C14H18Br2N2O.2ClH/c1-2-3-13(18-6-4-17-5-7-18)11-8-10(15)9-12(16)14(11)19;;/h2,8-9,13,17,19H,1,3-7H2;2*1H/t13-;;/m0../s1. The van der Waals surface area contributed by atoms with Crippen molar-refractivity contribution in [1.29, 1.82) is 0 Å². The summed E-state index contributed by atoms with van der Waals surface area (Å²) in [6.07, 6.45) is 2.75. The summed E-state index contributed by atoms with van der Waals surface area (Å²) in [7, 11) is 0. The van der Waals surface area contributed by atoms with Crippen LogP contribution < -0.4 is 5.32 Å². The van der Waals surface area contributed by atoms with Gasteiger partial charge in [0.2, 0.25) is 0 Å². The summed E-state index contributed by atoms with van der Waals surface area (Å²) in [6.45, 7) is 7.80. The topological polar surface area (TPSA) is 35.5 Å². The highest BCUT2D eigenvalue weighted by atomic mass is 79.9. The monoisotopic (exact) mass is 460 g/mol. The molecule has 120 valence electrons. The predicted octanol–water partition coefficient (Wildman–Crippen LogP) is 4.28. The molecule has 1 aromatic carbocycles. The second kappa shape index (κ2) is 10.1. The normalized spacial score (nSPS) is 16.5. The van der Waals surface area contributed by atoms with E-state index in [-0.39, 0.29) is 30.9 Å². The van der Waals surface area contributed by atoms with Crippen LogP contribution in [0.15, 0.2) is 33.7 Å². The maximum absolute atomic E-state index is 10.3. The Bertz CT molecular complexity index is 469. The van der Waals surface area contributed by atoms with E-state index in [2.05, 4.69) is 48.7 Å². The van der Waals surface area contributed by atoms with Crippen LogP contribution in [-0.4, -0.2) is 36.2 Å². The van der Waals surface area contributed by atoms with Crippen molar-refractivity contribution in [1.82, 2.24) is 10.2 Å². The van der Waals surface area contributed by atoms with Crippen molar-refractivity contribution in [3.63, 3.8) is 0 Å². The summed E-state index contributed by atoms with van der Waals surface area (Å²) < 4.78 is 1.69. The molecule has 0 aromatic heterocycles. The molecule has 1 fully saturated rings. The van der Waals surface area contributed by atoms with Crippen LogP contribution in [0.3, 0.4) is 0 Å². The average Bonchev–Trinajstić information content (AvgIpc) is 2.41. The molecule has 0 aliphatic carbocycles. The van der Waals surface area contributed by atoms with Crippen LogP contribution in [0.25, 0.3) is 0 Å². The average molecular weight is 463 g/mol. The lowest BCUT2D eigenvalue weighted by molar-refractivity contribution is 0.172. The Morgan fingerprint density at radius 3 is 2.48 bits per heavy atom. The lowest BCUT2D eigenvalue weighted by atomic mass is 10.00. The number of hydrogen-bond donors (Lipinski definition) is 2. The minimum absolute atomic E-state index is 0. The Hall–Kier alpha value is 0.220. The van der Waals surface area contributed by atoms with Gasteiger partial charge >= 0.3 is 0 Å². The smallest absolute Gasteiger partial charge is 0.134 e. The molecule has 1 aliphatic heterocycles. The van der Waals surface area contributed by atoms with Crippen LogP contribution in [0.2, 0.25) is 0 Å². The molecule has 0 amide bonds. The van der Waals surface area contributed by atoms with E-state index in [4.69, 9.17) is 0 Å². The molecule has 1 aromatic rings. The fourth-order valence-corrected chi connectivity index (χ4v) is 3.72. The molecule has 2 N–H and O–H groups in total. The first-order chi connectivity index (χ1) is 9.13. The van der Waals surface area contributed by atoms with Crippen molar-refractivity contribution in [2.45, 2.75) is 12.5 Å². The number of benzene rings is 1. The Morgan fingerprint density at radius 2 is 1.90 bits per heavy atom. The zero-order valence-electron chi connectivity index (χ0n) is 11.5. The Balaban J connectivity index is 0.00000200. The maximum atomic E-state index is 10.3. The first kappa shape index (κ1) is 21.2. The summed E-state index contributed by atoms with van der Waals surface area (Å²) in [5.41, 5.74) is 0.947. The molecule has 0 radical (unpaired) electrons. The van der Waals surface area contributed by atoms with E-state index in [1.165, 1.54) is 0 Å². The molecule has 0 bridgehead atoms. The van der Waals surface area contributed by atoms with Crippen molar-refractivity contribution >= 4 is 56.7 Å². The molecule has 0 unspecified atom stereocenters. The summed E-state index contributed by atoms with van der Waals surface area (Å²) in [5.74, 6) is 0.327. The molecule has 21 heavy (non-hydrogen) atoms. The van der Waals surface area contributed by atoms with Crippen LogP contribution in [0.5, 0.6) is 5.75 Å². The molecule has 0 spiro atoms. The number of nitrogens with zero attached hydrogens (tertiary/aromatic N) is 1. The van der Waals surface area contributed by atoms with Gasteiger partial charge in [-0.25, -0.2) is 0 Å². The highest BCUT2D eigenvalue weighted by Crippen LogP contribution is 2.38. The first-order valence-corrected chi connectivity index (χ1v) is 7.95. The van der Waals surface area contributed by atoms with E-state index >= 15 is 0 Å². The summed E-state index contributed by atoms with van der Waals surface area (Å²) >= 11 is 6.90. The molecule has 1 heterocycles. The molecular formula is C14H20Br2Cl2N2O. The molecule has 1 aliphatic rings. The van der Waals surface area contributed by atoms with Crippen LogP contribution in [0.1, 0.15) is 18.0 Å². The third-order valence-corrected chi connectivity index (χ3v) is 4.46. The molecule has 1 atom stereocenters. The third kappa shape index (κ3) is 5.41. The minimum Gasteiger partial charge on any atom is -0.506 e. The first-order valence-electron chi connectivity index (χ1n) is 6.37. The number of nitrogens with one attached hydrogen (secondary N) is 1. The zero-order valence-corrected chi connectivity index (χ0v) is 16.3. The van der Waals surface area contributed by atoms with Crippen LogP contribution in [0.4, 0.5) is 0 Å². The maximum Gasteiger partial charge on any atom is 0.134 e. The van der Waals surface area contributed by atoms with E-state index in [9.17, 15) is 5.11 Å². The van der Waals surface area contributed by atoms with Gasteiger partial charge in [0.15, 0.2) is 0 Å². The highest BCUT2D eigenvalue weighted by Gasteiger charge is 2.24.